The summed E-state index contributed by atoms with van der Waals surface area (Å²) < 4.78 is 19.8. The van der Waals surface area contributed by atoms with Crippen LogP contribution in [0.25, 0.3) is 0 Å². The number of nitrogens with one attached hydrogen (secondary N) is 4. The first-order valence-corrected chi connectivity index (χ1v) is 11.7. The Hall–Kier alpha value is -2.57. The Morgan fingerprint density at radius 3 is 2.67 bits per heavy atom. The van der Waals surface area contributed by atoms with Gasteiger partial charge in [0.15, 0.2) is 0 Å². The molecule has 0 fully saturated rings. The summed E-state index contributed by atoms with van der Waals surface area (Å²) in [4.78, 5) is 20.7. The fourth-order valence-electron chi connectivity index (χ4n) is 2.22. The molecule has 164 valence electrons. The van der Waals surface area contributed by atoms with Crippen LogP contribution < -0.4 is 25.4 Å². The van der Waals surface area contributed by atoms with E-state index < -0.39 is 21.8 Å². The average molecular weight is 501 g/mol. The smallest absolute Gasteiger partial charge is 0.330 e. The zero-order chi connectivity index (χ0) is 22.5. The summed E-state index contributed by atoms with van der Waals surface area (Å²) >= 11 is 3.38. The number of halogens is 1. The number of rotatable bonds is 8. The van der Waals surface area contributed by atoms with Gasteiger partial charge in [-0.3, -0.25) is 4.72 Å². The van der Waals surface area contributed by atoms with Gasteiger partial charge in [-0.05, 0) is 53.8 Å². The third-order valence-electron chi connectivity index (χ3n) is 3.84. The molecule has 5 N–H and O–H groups in total. The molecule has 0 aliphatic carbocycles. The summed E-state index contributed by atoms with van der Waals surface area (Å²) in [5.74, 6) is 4.61. The molecular formula is C18H25BrN6O4S. The number of hydrogen-bond acceptors (Lipinski definition) is 8. The Morgan fingerprint density at radius 2 is 2.07 bits per heavy atom. The topological polar surface area (TPSA) is 138 Å². The molecular weight excluding hydrogens is 476 g/mol. The van der Waals surface area contributed by atoms with Crippen molar-refractivity contribution in [2.75, 3.05) is 29.3 Å². The number of methoxy groups -OCH3 is 1. The minimum Gasteiger partial charge on any atom is -0.495 e. The highest BCUT2D eigenvalue weighted by atomic mass is 79.9. The van der Waals surface area contributed by atoms with Gasteiger partial charge < -0.3 is 25.8 Å². The molecule has 2 amide bonds. The number of anilines is 4. The average Bonchev–Trinajstić information content (AvgIpc) is 2.63. The van der Waals surface area contributed by atoms with Gasteiger partial charge in [0.25, 0.3) is 0 Å². The summed E-state index contributed by atoms with van der Waals surface area (Å²) in [6, 6.07) is 4.10. The molecule has 30 heavy (non-hydrogen) atoms. The van der Waals surface area contributed by atoms with Crippen molar-refractivity contribution in [3.8, 4) is 5.75 Å². The zero-order valence-electron chi connectivity index (χ0n) is 17.0. The van der Waals surface area contributed by atoms with E-state index in [0.29, 0.717) is 33.4 Å². The fraction of sp³-hybridized carbons (Fsp3) is 0.333. The third kappa shape index (κ3) is 7.04. The van der Waals surface area contributed by atoms with Gasteiger partial charge in [0, 0.05) is 27.8 Å². The molecule has 1 aromatic carbocycles. The molecule has 0 aliphatic heterocycles. The van der Waals surface area contributed by atoms with Gasteiger partial charge in [0.05, 0.1) is 29.4 Å². The van der Waals surface area contributed by atoms with E-state index in [4.69, 9.17) is 4.74 Å². The molecule has 0 bridgehead atoms. The largest absolute Gasteiger partial charge is 0.495 e. The number of carbonyl (C=O) groups is 1. The second kappa shape index (κ2) is 9.96. The lowest BCUT2D eigenvalue weighted by molar-refractivity contribution is 0.177. The maximum Gasteiger partial charge on any atom is 0.330 e. The third-order valence-corrected chi connectivity index (χ3v) is 5.04. The predicted molar refractivity (Wildman–Crippen MR) is 124 cm³/mol. The Bertz CT molecular complexity index is 1020. The van der Waals surface area contributed by atoms with Crippen LogP contribution in [0.15, 0.2) is 28.9 Å². The van der Waals surface area contributed by atoms with Gasteiger partial charge in [-0.1, -0.05) is 0 Å². The molecule has 0 spiro atoms. The Morgan fingerprint density at radius 1 is 1.37 bits per heavy atom. The van der Waals surface area contributed by atoms with Crippen LogP contribution in [0.2, 0.25) is 0 Å². The second-order valence-corrected chi connectivity index (χ2v) is 9.73. The first kappa shape index (κ1) is 23.7. The number of aromatic nitrogens is 2. The monoisotopic (exact) mass is 500 g/mol. The van der Waals surface area contributed by atoms with E-state index in [1.165, 1.54) is 13.4 Å². The van der Waals surface area contributed by atoms with Crippen LogP contribution in [0.5, 0.6) is 5.75 Å². The van der Waals surface area contributed by atoms with Crippen molar-refractivity contribution in [1.82, 2.24) is 14.7 Å². The number of nitrogens with zero attached hydrogens (tertiary/aromatic N) is 2. The van der Waals surface area contributed by atoms with Crippen LogP contribution in [0, 0.1) is 0 Å². The van der Waals surface area contributed by atoms with Crippen LogP contribution in [-0.2, 0) is 9.71 Å². The number of urea groups is 1. The standard InChI is InChI=1S/C18H25BrN6O4S/c1-10(11(2)26)21-16-13(19)9-20-17(24-16)22-12-6-7-15(29-3)14(8-12)23-18(27)25-30(4,5)28/h6-11,26H,4H2,1-3,5H3,(H2,20,21,22,24)(H2,23,25,27,28)/t10-,11-,30?/m1/s1. The maximum absolute atomic E-state index is 12.0. The summed E-state index contributed by atoms with van der Waals surface area (Å²) in [6.45, 7) is 3.51. The molecule has 12 heteroatoms. The van der Waals surface area contributed by atoms with Crippen LogP contribution in [-0.4, -0.2) is 56.7 Å². The fourth-order valence-corrected chi connectivity index (χ4v) is 2.97. The van der Waals surface area contributed by atoms with E-state index in [2.05, 4.69) is 52.4 Å². The van der Waals surface area contributed by atoms with E-state index in [0.717, 1.165) is 0 Å². The van der Waals surface area contributed by atoms with E-state index in [1.807, 2.05) is 6.92 Å². The number of hydrogen-bond donors (Lipinski definition) is 5. The molecule has 10 nitrogen and oxygen atoms in total. The van der Waals surface area contributed by atoms with Crippen molar-refractivity contribution < 1.29 is 18.8 Å². The van der Waals surface area contributed by atoms with Crippen LogP contribution in [0.4, 0.5) is 27.9 Å². The molecule has 2 aromatic rings. The van der Waals surface area contributed by atoms with E-state index in [1.54, 1.807) is 31.3 Å². The molecule has 0 saturated carbocycles. The number of aliphatic hydroxyl groups excluding tert-OH is 1. The number of carbonyl (C=O) groups excluding carboxylic acids is 1. The highest BCUT2D eigenvalue weighted by Crippen LogP contribution is 2.29. The molecule has 0 aliphatic rings. The molecule has 3 atom stereocenters. The normalized spacial score (nSPS) is 14.7. The Balaban J connectivity index is 2.23. The lowest BCUT2D eigenvalue weighted by Gasteiger charge is -2.18. The van der Waals surface area contributed by atoms with Crippen LogP contribution >= 0.6 is 15.9 Å². The summed E-state index contributed by atoms with van der Waals surface area (Å²) in [5, 5.41) is 18.4. The number of aliphatic hydroxyl groups is 1. The summed E-state index contributed by atoms with van der Waals surface area (Å²) in [6.07, 6.45) is 2.33. The first-order valence-electron chi connectivity index (χ1n) is 8.81. The first-order chi connectivity index (χ1) is 14.0. The van der Waals surface area contributed by atoms with E-state index >= 15 is 0 Å². The number of benzene rings is 1. The Labute approximate surface area is 184 Å². The molecule has 1 aromatic heterocycles. The zero-order valence-corrected chi connectivity index (χ0v) is 19.4. The summed E-state index contributed by atoms with van der Waals surface area (Å²) in [7, 11) is -1.25. The Kier molecular flexibility index (Phi) is 7.87. The van der Waals surface area contributed by atoms with Gasteiger partial charge >= 0.3 is 6.03 Å². The van der Waals surface area contributed by atoms with Gasteiger partial charge in [-0.15, -0.1) is 0 Å². The van der Waals surface area contributed by atoms with Crippen molar-refractivity contribution in [3.05, 3.63) is 28.9 Å². The lowest BCUT2D eigenvalue weighted by Crippen LogP contribution is -2.33. The number of amides is 2. The second-order valence-electron chi connectivity index (χ2n) is 6.67. The van der Waals surface area contributed by atoms with Crippen LogP contribution in [0.1, 0.15) is 13.8 Å². The maximum atomic E-state index is 12.0. The number of ether oxygens (including phenoxy) is 1. The molecule has 0 radical (unpaired) electrons. The lowest BCUT2D eigenvalue weighted by atomic mass is 10.2. The van der Waals surface area contributed by atoms with Crippen molar-refractivity contribution >= 4 is 60.7 Å². The van der Waals surface area contributed by atoms with Gasteiger partial charge in [-0.2, -0.15) is 4.98 Å². The van der Waals surface area contributed by atoms with Crippen LogP contribution in [0.3, 0.4) is 0 Å². The molecule has 2 rings (SSSR count). The molecule has 1 heterocycles. The molecule has 0 saturated heterocycles. The van der Waals surface area contributed by atoms with Gasteiger partial charge in [-0.25, -0.2) is 14.0 Å². The van der Waals surface area contributed by atoms with Crippen molar-refractivity contribution in [2.24, 2.45) is 0 Å². The van der Waals surface area contributed by atoms with Gasteiger partial charge in [0.1, 0.15) is 11.6 Å². The molecule has 1 unspecified atom stereocenters. The highest BCUT2D eigenvalue weighted by molar-refractivity contribution is 9.10. The minimum atomic E-state index is -2.71. The minimum absolute atomic E-state index is 0.221. The van der Waals surface area contributed by atoms with E-state index in [-0.39, 0.29) is 6.04 Å². The van der Waals surface area contributed by atoms with Crippen molar-refractivity contribution in [1.29, 1.82) is 0 Å². The predicted octanol–water partition coefficient (Wildman–Crippen LogP) is 2.56. The van der Waals surface area contributed by atoms with Gasteiger partial charge in [0.2, 0.25) is 5.95 Å². The van der Waals surface area contributed by atoms with Crippen molar-refractivity contribution in [3.63, 3.8) is 0 Å². The SMILES string of the molecule is C=S(C)(=O)NC(=O)Nc1cc(Nc2ncc(Br)c(N[C@H](C)[C@@H](C)O)n2)ccc1OC. The van der Waals surface area contributed by atoms with Crippen molar-refractivity contribution in [2.45, 2.75) is 26.0 Å². The summed E-state index contributed by atoms with van der Waals surface area (Å²) in [5.41, 5.74) is 0.927. The van der Waals surface area contributed by atoms with E-state index in [9.17, 15) is 14.1 Å². The highest BCUT2D eigenvalue weighted by Gasteiger charge is 2.14. The quantitative estimate of drug-likeness (QED) is 0.348.